The van der Waals surface area contributed by atoms with Crippen LogP contribution in [0.2, 0.25) is 0 Å². The van der Waals surface area contributed by atoms with Crippen molar-refractivity contribution in [2.45, 2.75) is 13.5 Å². The summed E-state index contributed by atoms with van der Waals surface area (Å²) in [5, 5.41) is 4.74. The summed E-state index contributed by atoms with van der Waals surface area (Å²) in [6, 6.07) is 18.5. The number of carbonyl (C=O) groups excluding carboxylic acids is 2. The molecular formula is C20H17NO2S. The number of hydrogen-bond acceptors (Lipinski definition) is 3. The van der Waals surface area contributed by atoms with Crippen molar-refractivity contribution in [3.63, 3.8) is 0 Å². The summed E-state index contributed by atoms with van der Waals surface area (Å²) >= 11 is 1.38. The van der Waals surface area contributed by atoms with Gasteiger partial charge in [0.05, 0.1) is 10.4 Å². The second kappa shape index (κ2) is 7.23. The molecule has 0 spiro atoms. The zero-order valence-electron chi connectivity index (χ0n) is 13.3. The second-order valence-corrected chi connectivity index (χ2v) is 6.47. The molecule has 24 heavy (non-hydrogen) atoms. The van der Waals surface area contributed by atoms with Crippen molar-refractivity contribution >= 4 is 23.0 Å². The van der Waals surface area contributed by atoms with Crippen LogP contribution in [0, 0.1) is 6.92 Å². The fourth-order valence-electron chi connectivity index (χ4n) is 2.40. The minimum absolute atomic E-state index is 0.119. The highest BCUT2D eigenvalue weighted by Gasteiger charge is 2.18. The van der Waals surface area contributed by atoms with Crippen molar-refractivity contribution in [1.82, 2.24) is 5.32 Å². The van der Waals surface area contributed by atoms with Gasteiger partial charge in [-0.15, -0.1) is 11.3 Å². The molecule has 0 aliphatic heterocycles. The van der Waals surface area contributed by atoms with Gasteiger partial charge in [0, 0.05) is 12.1 Å². The normalized spacial score (nSPS) is 10.4. The van der Waals surface area contributed by atoms with Gasteiger partial charge in [-0.3, -0.25) is 9.59 Å². The largest absolute Gasteiger partial charge is 0.348 e. The van der Waals surface area contributed by atoms with Crippen molar-refractivity contribution in [3.05, 3.63) is 93.2 Å². The van der Waals surface area contributed by atoms with Crippen LogP contribution in [0.4, 0.5) is 0 Å². The molecule has 3 aromatic rings. The average Bonchev–Trinajstić information content (AvgIpc) is 3.15. The standard InChI is InChI=1S/C20H17NO2S/c1-14-8-10-15(11-9-14)13-21-20(23)17-6-3-2-5-16(17)19(22)18-7-4-12-24-18/h2-12H,13H2,1H3,(H,21,23). The second-order valence-electron chi connectivity index (χ2n) is 5.52. The Labute approximate surface area is 145 Å². The zero-order chi connectivity index (χ0) is 16.9. The van der Waals surface area contributed by atoms with Gasteiger partial charge in [-0.05, 0) is 30.0 Å². The minimum Gasteiger partial charge on any atom is -0.348 e. The first-order valence-electron chi connectivity index (χ1n) is 7.66. The number of benzene rings is 2. The van der Waals surface area contributed by atoms with Gasteiger partial charge in [-0.25, -0.2) is 0 Å². The number of hydrogen-bond donors (Lipinski definition) is 1. The van der Waals surface area contributed by atoms with Crippen LogP contribution in [-0.4, -0.2) is 11.7 Å². The Kier molecular flexibility index (Phi) is 4.87. The molecule has 2 aromatic carbocycles. The maximum absolute atomic E-state index is 12.6. The number of amides is 1. The van der Waals surface area contributed by atoms with Crippen LogP contribution in [-0.2, 0) is 6.54 Å². The van der Waals surface area contributed by atoms with E-state index in [1.165, 1.54) is 16.9 Å². The van der Waals surface area contributed by atoms with Crippen molar-refractivity contribution in [3.8, 4) is 0 Å². The quantitative estimate of drug-likeness (QED) is 0.710. The zero-order valence-corrected chi connectivity index (χ0v) is 14.1. The highest BCUT2D eigenvalue weighted by molar-refractivity contribution is 7.12. The molecule has 0 atom stereocenters. The molecule has 0 bridgehead atoms. The first-order valence-corrected chi connectivity index (χ1v) is 8.54. The summed E-state index contributed by atoms with van der Waals surface area (Å²) in [6.07, 6.45) is 0. The van der Waals surface area contributed by atoms with Gasteiger partial charge in [-0.1, -0.05) is 54.1 Å². The molecule has 0 saturated carbocycles. The van der Waals surface area contributed by atoms with Gasteiger partial charge >= 0.3 is 0 Å². The van der Waals surface area contributed by atoms with Gasteiger partial charge < -0.3 is 5.32 Å². The van der Waals surface area contributed by atoms with Gasteiger partial charge in [0.25, 0.3) is 5.91 Å². The number of thiophene rings is 1. The van der Waals surface area contributed by atoms with Crippen molar-refractivity contribution < 1.29 is 9.59 Å². The third-order valence-electron chi connectivity index (χ3n) is 3.73. The molecule has 1 amide bonds. The predicted octanol–water partition coefficient (Wildman–Crippen LogP) is 4.22. The first kappa shape index (κ1) is 16.1. The van der Waals surface area contributed by atoms with Gasteiger partial charge in [0.2, 0.25) is 5.78 Å². The third kappa shape index (κ3) is 3.60. The maximum atomic E-state index is 12.6. The van der Waals surface area contributed by atoms with Gasteiger partial charge in [0.15, 0.2) is 0 Å². The summed E-state index contributed by atoms with van der Waals surface area (Å²) in [6.45, 7) is 2.45. The molecule has 0 unspecified atom stereocenters. The molecule has 1 N–H and O–H groups in total. The molecule has 4 heteroatoms. The number of ketones is 1. The molecule has 1 heterocycles. The van der Waals surface area contributed by atoms with E-state index in [4.69, 9.17) is 0 Å². The van der Waals surface area contributed by atoms with Crippen molar-refractivity contribution in [2.75, 3.05) is 0 Å². The molecular weight excluding hydrogens is 318 g/mol. The molecule has 0 radical (unpaired) electrons. The van der Waals surface area contributed by atoms with E-state index in [-0.39, 0.29) is 11.7 Å². The van der Waals surface area contributed by atoms with Crippen molar-refractivity contribution in [2.24, 2.45) is 0 Å². The van der Waals surface area contributed by atoms with E-state index in [1.54, 1.807) is 30.3 Å². The van der Waals surface area contributed by atoms with Gasteiger partial charge in [-0.2, -0.15) is 0 Å². The van der Waals surface area contributed by atoms with Crippen molar-refractivity contribution in [1.29, 1.82) is 0 Å². The SMILES string of the molecule is Cc1ccc(CNC(=O)c2ccccc2C(=O)c2cccs2)cc1. The van der Waals surface area contributed by atoms with Crippen LogP contribution in [0.3, 0.4) is 0 Å². The van der Waals surface area contributed by atoms with Crippen LogP contribution in [0.1, 0.15) is 36.7 Å². The smallest absolute Gasteiger partial charge is 0.252 e. The number of rotatable bonds is 5. The van der Waals surface area contributed by atoms with E-state index in [9.17, 15) is 9.59 Å². The number of nitrogens with one attached hydrogen (secondary N) is 1. The van der Waals surface area contributed by atoms with E-state index in [2.05, 4.69) is 5.32 Å². The molecule has 0 aliphatic carbocycles. The molecule has 0 saturated heterocycles. The Morgan fingerprint density at radius 1 is 0.917 bits per heavy atom. The summed E-state index contributed by atoms with van der Waals surface area (Å²) in [7, 11) is 0. The number of aryl methyl sites for hydroxylation is 1. The number of carbonyl (C=O) groups is 2. The van der Waals surface area contributed by atoms with E-state index in [1.807, 2.05) is 42.6 Å². The van der Waals surface area contributed by atoms with Crippen LogP contribution in [0.5, 0.6) is 0 Å². The summed E-state index contributed by atoms with van der Waals surface area (Å²) in [5.74, 6) is -0.359. The topological polar surface area (TPSA) is 46.2 Å². The lowest BCUT2D eigenvalue weighted by Crippen LogP contribution is -2.25. The first-order chi connectivity index (χ1) is 11.6. The predicted molar refractivity (Wildman–Crippen MR) is 96.5 cm³/mol. The lowest BCUT2D eigenvalue weighted by atomic mass is 10.0. The third-order valence-corrected chi connectivity index (χ3v) is 4.60. The Hall–Kier alpha value is -2.72. The van der Waals surface area contributed by atoms with Crippen LogP contribution >= 0.6 is 11.3 Å². The van der Waals surface area contributed by atoms with Crippen LogP contribution < -0.4 is 5.32 Å². The molecule has 3 nitrogen and oxygen atoms in total. The van der Waals surface area contributed by atoms with Crippen LogP contribution in [0.15, 0.2) is 66.0 Å². The lowest BCUT2D eigenvalue weighted by Gasteiger charge is -2.09. The Morgan fingerprint density at radius 3 is 2.29 bits per heavy atom. The molecule has 120 valence electrons. The minimum atomic E-state index is -0.240. The highest BCUT2D eigenvalue weighted by Crippen LogP contribution is 2.18. The Morgan fingerprint density at radius 2 is 1.62 bits per heavy atom. The van der Waals surface area contributed by atoms with Gasteiger partial charge in [0.1, 0.15) is 0 Å². The fourth-order valence-corrected chi connectivity index (χ4v) is 3.08. The summed E-state index contributed by atoms with van der Waals surface area (Å²) < 4.78 is 0. The molecule has 1 aromatic heterocycles. The Balaban J connectivity index is 1.77. The Bertz CT molecular complexity index is 852. The average molecular weight is 335 g/mol. The highest BCUT2D eigenvalue weighted by atomic mass is 32.1. The summed E-state index contributed by atoms with van der Waals surface area (Å²) in [4.78, 5) is 25.7. The monoisotopic (exact) mass is 335 g/mol. The summed E-state index contributed by atoms with van der Waals surface area (Å²) in [5.41, 5.74) is 3.04. The van der Waals surface area contributed by atoms with E-state index in [0.29, 0.717) is 22.5 Å². The van der Waals surface area contributed by atoms with E-state index < -0.39 is 0 Å². The lowest BCUT2D eigenvalue weighted by molar-refractivity contribution is 0.0940. The molecule has 0 aliphatic rings. The molecule has 3 rings (SSSR count). The van der Waals surface area contributed by atoms with Crippen LogP contribution in [0.25, 0.3) is 0 Å². The maximum Gasteiger partial charge on any atom is 0.252 e. The fraction of sp³-hybridized carbons (Fsp3) is 0.100. The molecule has 0 fully saturated rings. The van der Waals surface area contributed by atoms with E-state index >= 15 is 0 Å². The van der Waals surface area contributed by atoms with E-state index in [0.717, 1.165) is 5.56 Å².